The van der Waals surface area contributed by atoms with Crippen LogP contribution in [-0.2, 0) is 0 Å². The molecule has 1 heteroatoms. The summed E-state index contributed by atoms with van der Waals surface area (Å²) in [6.07, 6.45) is 4.17. The van der Waals surface area contributed by atoms with Gasteiger partial charge < -0.3 is 0 Å². The lowest BCUT2D eigenvalue weighted by Gasteiger charge is -2.10. The zero-order valence-corrected chi connectivity index (χ0v) is 8.20. The maximum Gasteiger partial charge on any atom is 0.00130 e. The van der Waals surface area contributed by atoms with E-state index >= 15 is 0 Å². The van der Waals surface area contributed by atoms with Gasteiger partial charge in [-0.15, -0.1) is 0 Å². The van der Waals surface area contributed by atoms with Crippen molar-refractivity contribution in [2.45, 2.75) is 38.4 Å². The molecule has 0 amide bonds. The van der Waals surface area contributed by atoms with Gasteiger partial charge in [-0.2, -0.15) is 12.6 Å². The van der Waals surface area contributed by atoms with Crippen LogP contribution in [0.4, 0.5) is 0 Å². The Kier molecular flexibility index (Phi) is 1.79. The van der Waals surface area contributed by atoms with Crippen LogP contribution in [0.3, 0.4) is 0 Å². The van der Waals surface area contributed by atoms with Crippen molar-refractivity contribution in [3.8, 4) is 0 Å². The van der Waals surface area contributed by atoms with Crippen LogP contribution >= 0.6 is 12.6 Å². The molecule has 1 fully saturated rings. The van der Waals surface area contributed by atoms with Crippen molar-refractivity contribution < 1.29 is 0 Å². The first-order chi connectivity index (χ1) is 5.20. The third-order valence-corrected chi connectivity index (χ3v) is 3.35. The first-order valence-corrected chi connectivity index (χ1v) is 5.10. The fourth-order valence-corrected chi connectivity index (χ4v) is 2.83. The Morgan fingerprint density at radius 1 is 1.55 bits per heavy atom. The van der Waals surface area contributed by atoms with Crippen LogP contribution < -0.4 is 0 Å². The number of fused-ring (bicyclic) bond motifs is 1. The first-order valence-electron chi connectivity index (χ1n) is 4.58. The molecule has 0 nitrogen and oxygen atoms in total. The van der Waals surface area contributed by atoms with Crippen molar-refractivity contribution >= 4 is 12.6 Å². The largest absolute Gasteiger partial charge is 0.176 e. The molecule has 0 saturated heterocycles. The van der Waals surface area contributed by atoms with E-state index in [0.717, 1.165) is 11.8 Å². The summed E-state index contributed by atoms with van der Waals surface area (Å²) in [6, 6.07) is 0. The van der Waals surface area contributed by atoms with Crippen molar-refractivity contribution in [3.05, 3.63) is 11.1 Å². The average molecular weight is 168 g/mol. The van der Waals surface area contributed by atoms with E-state index in [1.165, 1.54) is 19.3 Å². The van der Waals surface area contributed by atoms with Gasteiger partial charge >= 0.3 is 0 Å². The number of hydrogen-bond donors (Lipinski definition) is 1. The van der Waals surface area contributed by atoms with Gasteiger partial charge in [0, 0.05) is 5.92 Å². The second-order valence-corrected chi connectivity index (χ2v) is 4.93. The van der Waals surface area contributed by atoms with Crippen LogP contribution in [0, 0.1) is 11.8 Å². The third-order valence-electron chi connectivity index (χ3n) is 3.14. The number of hydrogen-bond acceptors (Lipinski definition) is 1. The summed E-state index contributed by atoms with van der Waals surface area (Å²) in [5, 5.41) is 0.583. The molecule has 0 radical (unpaired) electrons. The molecule has 62 valence electrons. The third kappa shape index (κ3) is 1.24. The molecule has 2 rings (SSSR count). The van der Waals surface area contributed by atoms with Gasteiger partial charge in [0.25, 0.3) is 0 Å². The molecule has 2 aliphatic carbocycles. The fraction of sp³-hybridized carbons (Fsp3) is 0.800. The molecule has 0 aromatic heterocycles. The van der Waals surface area contributed by atoms with Gasteiger partial charge in [-0.05, 0) is 37.4 Å². The van der Waals surface area contributed by atoms with E-state index in [-0.39, 0.29) is 0 Å². The Morgan fingerprint density at radius 3 is 2.73 bits per heavy atom. The van der Waals surface area contributed by atoms with Gasteiger partial charge in [-0.1, -0.05) is 18.1 Å². The molecule has 0 spiro atoms. The minimum Gasteiger partial charge on any atom is -0.176 e. The zero-order chi connectivity index (χ0) is 8.01. The van der Waals surface area contributed by atoms with Gasteiger partial charge in [0.2, 0.25) is 0 Å². The quantitative estimate of drug-likeness (QED) is 0.475. The highest BCUT2D eigenvalue weighted by Gasteiger charge is 2.43. The van der Waals surface area contributed by atoms with Crippen LogP contribution in [0.15, 0.2) is 11.1 Å². The van der Waals surface area contributed by atoms with Gasteiger partial charge in [-0.3, -0.25) is 0 Å². The lowest BCUT2D eigenvalue weighted by molar-refractivity contribution is 0.565. The predicted octanol–water partition coefficient (Wildman–Crippen LogP) is 3.05. The molecule has 0 aromatic rings. The lowest BCUT2D eigenvalue weighted by atomic mass is 10.0. The SMILES string of the molecule is CC1=C2C1CC[C@@H]2CC(C)S. The molecule has 0 aliphatic heterocycles. The van der Waals surface area contributed by atoms with Crippen molar-refractivity contribution in [1.82, 2.24) is 0 Å². The second-order valence-electron chi connectivity index (χ2n) is 4.05. The molecule has 3 atom stereocenters. The normalized spacial score (nSPS) is 37.4. The summed E-state index contributed by atoms with van der Waals surface area (Å²) >= 11 is 4.44. The van der Waals surface area contributed by atoms with Crippen molar-refractivity contribution in [3.63, 3.8) is 0 Å². The number of thiol groups is 1. The number of rotatable bonds is 2. The van der Waals surface area contributed by atoms with Crippen LogP contribution in [0.5, 0.6) is 0 Å². The number of allylic oxidation sites excluding steroid dienone is 2. The summed E-state index contributed by atoms with van der Waals surface area (Å²) in [7, 11) is 0. The molecule has 0 bridgehead atoms. The molecule has 0 N–H and O–H groups in total. The van der Waals surface area contributed by atoms with E-state index in [9.17, 15) is 0 Å². The molecular formula is C10H16S. The molecule has 1 saturated carbocycles. The first kappa shape index (κ1) is 7.72. The Labute approximate surface area is 74.5 Å². The lowest BCUT2D eigenvalue weighted by Crippen LogP contribution is -2.01. The van der Waals surface area contributed by atoms with E-state index in [1.807, 2.05) is 0 Å². The van der Waals surface area contributed by atoms with E-state index in [4.69, 9.17) is 0 Å². The molecule has 2 aliphatic rings. The highest BCUT2D eigenvalue weighted by atomic mass is 32.1. The van der Waals surface area contributed by atoms with Gasteiger partial charge in [0.15, 0.2) is 0 Å². The zero-order valence-electron chi connectivity index (χ0n) is 7.30. The van der Waals surface area contributed by atoms with Crippen molar-refractivity contribution in [2.75, 3.05) is 0 Å². The summed E-state index contributed by atoms with van der Waals surface area (Å²) in [5.41, 5.74) is 3.50. The van der Waals surface area contributed by atoms with E-state index < -0.39 is 0 Å². The topological polar surface area (TPSA) is 0 Å². The summed E-state index contributed by atoms with van der Waals surface area (Å²) in [4.78, 5) is 0. The Morgan fingerprint density at radius 2 is 2.27 bits per heavy atom. The molecule has 0 aromatic carbocycles. The fourth-order valence-electron chi connectivity index (χ4n) is 2.58. The monoisotopic (exact) mass is 168 g/mol. The molecular weight excluding hydrogens is 152 g/mol. The maximum absolute atomic E-state index is 4.44. The van der Waals surface area contributed by atoms with Gasteiger partial charge in [0.05, 0.1) is 0 Å². The highest BCUT2D eigenvalue weighted by molar-refractivity contribution is 7.80. The van der Waals surface area contributed by atoms with Crippen molar-refractivity contribution in [1.29, 1.82) is 0 Å². The Hall–Kier alpha value is 0.0900. The summed E-state index contributed by atoms with van der Waals surface area (Å²) in [5.74, 6) is 1.86. The minimum atomic E-state index is 0.583. The maximum atomic E-state index is 4.44. The van der Waals surface area contributed by atoms with Gasteiger partial charge in [0.1, 0.15) is 0 Å². The molecule has 2 unspecified atom stereocenters. The van der Waals surface area contributed by atoms with Crippen LogP contribution in [0.25, 0.3) is 0 Å². The standard InChI is InChI=1S/C10H16S/c1-6(11)5-8-3-4-9-7(2)10(8)9/h6,8-9,11H,3-5H2,1-2H3/t6?,8-,9?/m1/s1. The van der Waals surface area contributed by atoms with Gasteiger partial charge in [-0.25, -0.2) is 0 Å². The van der Waals surface area contributed by atoms with E-state index in [2.05, 4.69) is 26.5 Å². The predicted molar refractivity (Wildman–Crippen MR) is 52.0 cm³/mol. The van der Waals surface area contributed by atoms with Crippen LogP contribution in [0.2, 0.25) is 0 Å². The highest BCUT2D eigenvalue weighted by Crippen LogP contribution is 2.55. The second kappa shape index (κ2) is 2.55. The summed E-state index contributed by atoms with van der Waals surface area (Å²) < 4.78 is 0. The minimum absolute atomic E-state index is 0.583. The Balaban J connectivity index is 1.96. The van der Waals surface area contributed by atoms with E-state index in [1.54, 1.807) is 11.1 Å². The average Bonchev–Trinajstić information content (AvgIpc) is 2.39. The summed E-state index contributed by atoms with van der Waals surface area (Å²) in [6.45, 7) is 4.50. The van der Waals surface area contributed by atoms with E-state index in [0.29, 0.717) is 5.25 Å². The molecule has 11 heavy (non-hydrogen) atoms. The van der Waals surface area contributed by atoms with Crippen LogP contribution in [-0.4, -0.2) is 5.25 Å². The molecule has 0 heterocycles. The van der Waals surface area contributed by atoms with Crippen molar-refractivity contribution in [2.24, 2.45) is 11.8 Å². The smallest absolute Gasteiger partial charge is 0.00130 e. The Bertz CT molecular complexity index is 203. The van der Waals surface area contributed by atoms with Crippen LogP contribution in [0.1, 0.15) is 33.1 Å².